The van der Waals surface area contributed by atoms with Crippen LogP contribution in [0.3, 0.4) is 0 Å². The molecule has 9 rings (SSSR count). The number of fused-ring (bicyclic) bond motifs is 4. The molecular weight excluding hydrogens is 573 g/mol. The first kappa shape index (κ1) is 27.0. The lowest BCUT2D eigenvalue weighted by Crippen LogP contribution is -2.01. The summed E-state index contributed by atoms with van der Waals surface area (Å²) in [6.07, 6.45) is 0. The predicted octanol–water partition coefficient (Wildman–Crippen LogP) is 10.8. The van der Waals surface area contributed by atoms with Gasteiger partial charge in [-0.25, -0.2) is 15.0 Å². The molecule has 4 nitrogen and oxygen atoms in total. The maximum atomic E-state index is 5.12. The predicted molar refractivity (Wildman–Crippen MR) is 193 cm³/mol. The van der Waals surface area contributed by atoms with Gasteiger partial charge in [-0.1, -0.05) is 133 Å². The summed E-state index contributed by atoms with van der Waals surface area (Å²) in [6.45, 7) is 0. The SMILES string of the molecule is c1ccc(-c2nc(-c3ccccc3)nc(-c3ccc4ccccc4c3-c3ccc4c(c3)c3ccccc3n4-c3ccccc3)n2)cc1. The van der Waals surface area contributed by atoms with E-state index in [1.54, 1.807) is 0 Å². The first-order valence-electron chi connectivity index (χ1n) is 15.8. The molecule has 0 amide bonds. The fourth-order valence-electron chi connectivity index (χ4n) is 6.68. The first-order chi connectivity index (χ1) is 23.3. The largest absolute Gasteiger partial charge is 0.309 e. The minimum atomic E-state index is 0.644. The van der Waals surface area contributed by atoms with Crippen molar-refractivity contribution in [2.24, 2.45) is 0 Å². The molecule has 9 aromatic rings. The molecule has 0 bridgehead atoms. The summed E-state index contributed by atoms with van der Waals surface area (Å²) in [5.41, 5.74) is 8.57. The van der Waals surface area contributed by atoms with Gasteiger partial charge in [0.1, 0.15) is 0 Å². The second-order valence-electron chi connectivity index (χ2n) is 11.7. The van der Waals surface area contributed by atoms with Gasteiger partial charge < -0.3 is 4.57 Å². The van der Waals surface area contributed by atoms with Gasteiger partial charge in [0.2, 0.25) is 0 Å². The second kappa shape index (κ2) is 11.2. The molecular formula is C43H28N4. The van der Waals surface area contributed by atoms with Gasteiger partial charge in [-0.2, -0.15) is 0 Å². The van der Waals surface area contributed by atoms with E-state index in [-0.39, 0.29) is 0 Å². The van der Waals surface area contributed by atoms with E-state index in [2.05, 4.69) is 114 Å². The Morgan fingerprint density at radius 3 is 1.62 bits per heavy atom. The lowest BCUT2D eigenvalue weighted by molar-refractivity contribution is 1.07. The van der Waals surface area contributed by atoms with Crippen molar-refractivity contribution in [3.8, 4) is 51.0 Å². The van der Waals surface area contributed by atoms with E-state index in [0.29, 0.717) is 17.5 Å². The van der Waals surface area contributed by atoms with Gasteiger partial charge in [-0.05, 0) is 52.7 Å². The monoisotopic (exact) mass is 600 g/mol. The van der Waals surface area contributed by atoms with E-state index in [4.69, 9.17) is 15.0 Å². The molecule has 0 radical (unpaired) electrons. The molecule has 0 atom stereocenters. The Morgan fingerprint density at radius 1 is 0.362 bits per heavy atom. The van der Waals surface area contributed by atoms with E-state index >= 15 is 0 Å². The average molecular weight is 601 g/mol. The summed E-state index contributed by atoms with van der Waals surface area (Å²) in [5, 5.41) is 4.73. The molecule has 0 unspecified atom stereocenters. The van der Waals surface area contributed by atoms with Crippen LogP contribution in [0.4, 0.5) is 0 Å². The van der Waals surface area contributed by atoms with Crippen LogP contribution >= 0.6 is 0 Å². The van der Waals surface area contributed by atoms with Crippen LogP contribution in [0.25, 0.3) is 83.6 Å². The Hall–Kier alpha value is -6.39. The second-order valence-corrected chi connectivity index (χ2v) is 11.7. The maximum absolute atomic E-state index is 5.12. The van der Waals surface area contributed by atoms with Crippen LogP contribution in [0.15, 0.2) is 170 Å². The van der Waals surface area contributed by atoms with Crippen molar-refractivity contribution in [3.63, 3.8) is 0 Å². The van der Waals surface area contributed by atoms with Crippen molar-refractivity contribution < 1.29 is 0 Å². The highest BCUT2D eigenvalue weighted by molar-refractivity contribution is 6.12. The Morgan fingerprint density at radius 2 is 0.915 bits per heavy atom. The fourth-order valence-corrected chi connectivity index (χ4v) is 6.68. The summed E-state index contributed by atoms with van der Waals surface area (Å²) in [6, 6.07) is 59.2. The van der Waals surface area contributed by atoms with Crippen molar-refractivity contribution in [2.45, 2.75) is 0 Å². The van der Waals surface area contributed by atoms with Crippen LogP contribution in [-0.4, -0.2) is 19.5 Å². The third-order valence-corrected chi connectivity index (χ3v) is 8.84. The third-order valence-electron chi connectivity index (χ3n) is 8.84. The van der Waals surface area contributed by atoms with E-state index in [1.807, 2.05) is 60.7 Å². The van der Waals surface area contributed by atoms with Gasteiger partial charge in [-0.15, -0.1) is 0 Å². The number of hydrogen-bond acceptors (Lipinski definition) is 3. The van der Waals surface area contributed by atoms with E-state index in [1.165, 1.54) is 27.2 Å². The Balaban J connectivity index is 1.33. The highest BCUT2D eigenvalue weighted by Gasteiger charge is 2.19. The Bertz CT molecular complexity index is 2500. The topological polar surface area (TPSA) is 43.6 Å². The first-order valence-corrected chi connectivity index (χ1v) is 15.8. The minimum Gasteiger partial charge on any atom is -0.309 e. The van der Waals surface area contributed by atoms with E-state index in [0.717, 1.165) is 38.9 Å². The van der Waals surface area contributed by atoms with Crippen LogP contribution < -0.4 is 0 Å². The van der Waals surface area contributed by atoms with Crippen LogP contribution in [0.5, 0.6) is 0 Å². The van der Waals surface area contributed by atoms with Gasteiger partial charge >= 0.3 is 0 Å². The summed E-state index contributed by atoms with van der Waals surface area (Å²) in [5.74, 6) is 1.94. The smallest absolute Gasteiger partial charge is 0.164 e. The zero-order chi connectivity index (χ0) is 31.2. The van der Waals surface area contributed by atoms with Crippen molar-refractivity contribution in [2.75, 3.05) is 0 Å². The molecule has 220 valence electrons. The maximum Gasteiger partial charge on any atom is 0.164 e. The van der Waals surface area contributed by atoms with Crippen molar-refractivity contribution in [1.29, 1.82) is 0 Å². The van der Waals surface area contributed by atoms with Crippen molar-refractivity contribution in [3.05, 3.63) is 170 Å². The molecule has 4 heteroatoms. The van der Waals surface area contributed by atoms with Crippen LogP contribution in [0.2, 0.25) is 0 Å². The Labute approximate surface area is 272 Å². The normalized spacial score (nSPS) is 11.4. The van der Waals surface area contributed by atoms with E-state index < -0.39 is 0 Å². The van der Waals surface area contributed by atoms with Crippen LogP contribution in [0.1, 0.15) is 0 Å². The van der Waals surface area contributed by atoms with E-state index in [9.17, 15) is 0 Å². The molecule has 0 fully saturated rings. The van der Waals surface area contributed by atoms with Gasteiger partial charge in [0, 0.05) is 38.7 Å². The van der Waals surface area contributed by atoms with Gasteiger partial charge in [0.05, 0.1) is 11.0 Å². The third kappa shape index (κ3) is 4.66. The molecule has 2 aromatic heterocycles. The molecule has 0 saturated heterocycles. The quantitative estimate of drug-likeness (QED) is 0.197. The molecule has 0 saturated carbocycles. The molecule has 0 aliphatic rings. The zero-order valence-electron chi connectivity index (χ0n) is 25.5. The lowest BCUT2D eigenvalue weighted by Gasteiger charge is -2.15. The molecule has 47 heavy (non-hydrogen) atoms. The van der Waals surface area contributed by atoms with Gasteiger partial charge in [-0.3, -0.25) is 0 Å². The number of nitrogens with zero attached hydrogens (tertiary/aromatic N) is 4. The van der Waals surface area contributed by atoms with Crippen molar-refractivity contribution in [1.82, 2.24) is 19.5 Å². The fraction of sp³-hybridized carbons (Fsp3) is 0. The Kier molecular flexibility index (Phi) is 6.43. The van der Waals surface area contributed by atoms with Gasteiger partial charge in [0.25, 0.3) is 0 Å². The molecule has 0 aliphatic carbocycles. The molecule has 0 N–H and O–H groups in total. The molecule has 0 aliphatic heterocycles. The number of benzene rings is 7. The zero-order valence-corrected chi connectivity index (χ0v) is 25.5. The summed E-state index contributed by atoms with van der Waals surface area (Å²) >= 11 is 0. The highest BCUT2D eigenvalue weighted by atomic mass is 15.0. The molecule has 7 aromatic carbocycles. The number of para-hydroxylation sites is 2. The van der Waals surface area contributed by atoms with Crippen LogP contribution in [-0.2, 0) is 0 Å². The molecule has 2 heterocycles. The number of hydrogen-bond donors (Lipinski definition) is 0. The summed E-state index contributed by atoms with van der Waals surface area (Å²) in [4.78, 5) is 15.2. The number of rotatable bonds is 5. The average Bonchev–Trinajstić information content (AvgIpc) is 3.49. The van der Waals surface area contributed by atoms with Crippen molar-refractivity contribution >= 4 is 32.6 Å². The van der Waals surface area contributed by atoms with Crippen LogP contribution in [0, 0.1) is 0 Å². The van der Waals surface area contributed by atoms with Gasteiger partial charge in [0.15, 0.2) is 17.5 Å². The standard InChI is InChI=1S/C43H28N4/c1-4-15-30(16-5-1)41-44-42(31-17-6-2-7-18-31)46-43(45-41)36-26-24-29-14-10-11-21-34(29)40(36)32-25-27-39-37(28-32)35-22-12-13-23-38(35)47(39)33-19-8-3-9-20-33/h1-28H. The molecule has 0 spiro atoms. The highest BCUT2D eigenvalue weighted by Crippen LogP contribution is 2.41. The minimum absolute atomic E-state index is 0.644. The lowest BCUT2D eigenvalue weighted by atomic mass is 9.92. The summed E-state index contributed by atoms with van der Waals surface area (Å²) < 4.78 is 2.35. The summed E-state index contributed by atoms with van der Waals surface area (Å²) in [7, 11) is 0. The number of aromatic nitrogens is 4.